The molecule has 5 nitrogen and oxygen atoms in total. The minimum Gasteiger partial charge on any atom is -0.394 e. The Kier molecular flexibility index (Phi) is 4.10. The van der Waals surface area contributed by atoms with Crippen LogP contribution in [-0.4, -0.2) is 47.0 Å². The molecule has 0 saturated carbocycles. The number of ether oxygens (including phenoxy) is 1. The number of fused-ring (bicyclic) bond motifs is 1. The standard InChI is InChI=1S/C15H21N3O2S/c1-9-8-20-11(7-19)6-18(9)15-12(14(16)21)5-10-3-2-4-13(10)17-15/h5,9,11,19H,2-4,6-8H2,1H3,(H2,16,21). The van der Waals surface area contributed by atoms with Gasteiger partial charge >= 0.3 is 0 Å². The van der Waals surface area contributed by atoms with Gasteiger partial charge in [0.15, 0.2) is 0 Å². The van der Waals surface area contributed by atoms with Gasteiger partial charge in [-0.25, -0.2) is 4.98 Å². The first-order chi connectivity index (χ1) is 10.1. The van der Waals surface area contributed by atoms with Gasteiger partial charge in [0.1, 0.15) is 10.8 Å². The second-order valence-corrected chi connectivity index (χ2v) is 6.26. The predicted octanol–water partition coefficient (Wildman–Crippen LogP) is 0.790. The van der Waals surface area contributed by atoms with Gasteiger partial charge in [0.05, 0.1) is 30.9 Å². The van der Waals surface area contributed by atoms with Crippen LogP contribution in [0.1, 0.15) is 30.2 Å². The molecule has 2 unspecified atom stereocenters. The van der Waals surface area contributed by atoms with Gasteiger partial charge in [-0.2, -0.15) is 0 Å². The van der Waals surface area contributed by atoms with Crippen LogP contribution < -0.4 is 10.6 Å². The van der Waals surface area contributed by atoms with Crippen molar-refractivity contribution in [1.82, 2.24) is 4.98 Å². The molecule has 3 N–H and O–H groups in total. The number of hydrogen-bond donors (Lipinski definition) is 2. The molecule has 1 aromatic heterocycles. The van der Waals surface area contributed by atoms with Gasteiger partial charge in [-0.05, 0) is 37.8 Å². The third-order valence-corrected chi connectivity index (χ3v) is 4.50. The quantitative estimate of drug-likeness (QED) is 0.805. The van der Waals surface area contributed by atoms with Crippen LogP contribution in [0.25, 0.3) is 0 Å². The molecule has 1 fully saturated rings. The Balaban J connectivity index is 2.01. The predicted molar refractivity (Wildman–Crippen MR) is 85.8 cm³/mol. The van der Waals surface area contributed by atoms with Gasteiger partial charge in [0, 0.05) is 12.2 Å². The van der Waals surface area contributed by atoms with E-state index >= 15 is 0 Å². The molecular weight excluding hydrogens is 286 g/mol. The Bertz CT molecular complexity index is 564. The summed E-state index contributed by atoms with van der Waals surface area (Å²) in [4.78, 5) is 7.38. The fourth-order valence-corrected chi connectivity index (χ4v) is 3.23. The van der Waals surface area contributed by atoms with Crippen molar-refractivity contribution in [2.45, 2.75) is 38.3 Å². The smallest absolute Gasteiger partial charge is 0.139 e. The summed E-state index contributed by atoms with van der Waals surface area (Å²) in [5, 5.41) is 9.35. The molecule has 6 heteroatoms. The van der Waals surface area contributed by atoms with E-state index in [4.69, 9.17) is 27.7 Å². The number of anilines is 1. The summed E-state index contributed by atoms with van der Waals surface area (Å²) in [6, 6.07) is 2.29. The van der Waals surface area contributed by atoms with E-state index in [0.29, 0.717) is 18.1 Å². The second kappa shape index (κ2) is 5.87. The normalized spacial score (nSPS) is 25.0. The van der Waals surface area contributed by atoms with Crippen molar-refractivity contribution in [3.8, 4) is 0 Å². The Morgan fingerprint density at radius 2 is 2.38 bits per heavy atom. The molecule has 0 amide bonds. The van der Waals surface area contributed by atoms with Gasteiger partial charge in [0.25, 0.3) is 0 Å². The maximum Gasteiger partial charge on any atom is 0.139 e. The molecule has 0 spiro atoms. The zero-order valence-electron chi connectivity index (χ0n) is 12.2. The lowest BCUT2D eigenvalue weighted by Crippen LogP contribution is -2.50. The number of nitrogens with two attached hydrogens (primary N) is 1. The average molecular weight is 307 g/mol. The van der Waals surface area contributed by atoms with Crippen molar-refractivity contribution in [2.24, 2.45) is 5.73 Å². The van der Waals surface area contributed by atoms with Crippen molar-refractivity contribution in [1.29, 1.82) is 0 Å². The molecule has 1 saturated heterocycles. The largest absolute Gasteiger partial charge is 0.394 e. The number of thiocarbonyl (C=S) groups is 1. The highest BCUT2D eigenvalue weighted by Crippen LogP contribution is 2.30. The molecule has 1 aromatic rings. The number of nitrogens with zero attached hydrogens (tertiary/aromatic N) is 2. The van der Waals surface area contributed by atoms with Crippen LogP contribution in [0.4, 0.5) is 5.82 Å². The lowest BCUT2D eigenvalue weighted by Gasteiger charge is -2.39. The van der Waals surface area contributed by atoms with E-state index in [0.717, 1.165) is 36.3 Å². The number of hydrogen-bond acceptors (Lipinski definition) is 5. The molecule has 2 aliphatic rings. The summed E-state index contributed by atoms with van der Waals surface area (Å²) in [6.07, 6.45) is 3.02. The highest BCUT2D eigenvalue weighted by Gasteiger charge is 2.30. The van der Waals surface area contributed by atoms with Gasteiger partial charge in [-0.15, -0.1) is 0 Å². The first-order valence-electron chi connectivity index (χ1n) is 7.42. The van der Waals surface area contributed by atoms with Crippen molar-refractivity contribution < 1.29 is 9.84 Å². The van der Waals surface area contributed by atoms with Crippen LogP contribution in [0.5, 0.6) is 0 Å². The maximum atomic E-state index is 9.35. The Morgan fingerprint density at radius 1 is 1.57 bits per heavy atom. The van der Waals surface area contributed by atoms with Crippen molar-refractivity contribution >= 4 is 23.0 Å². The van der Waals surface area contributed by atoms with Crippen molar-refractivity contribution in [2.75, 3.05) is 24.7 Å². The van der Waals surface area contributed by atoms with Crippen LogP contribution in [0, 0.1) is 0 Å². The van der Waals surface area contributed by atoms with Crippen LogP contribution in [0.2, 0.25) is 0 Å². The summed E-state index contributed by atoms with van der Waals surface area (Å²) in [5.74, 6) is 0.845. The van der Waals surface area contributed by atoms with E-state index in [1.54, 1.807) is 0 Å². The third kappa shape index (κ3) is 2.75. The minimum atomic E-state index is -0.185. The molecule has 114 valence electrons. The number of aliphatic hydroxyl groups excluding tert-OH is 1. The van der Waals surface area contributed by atoms with E-state index < -0.39 is 0 Å². The highest BCUT2D eigenvalue weighted by molar-refractivity contribution is 7.80. The van der Waals surface area contributed by atoms with Crippen LogP contribution >= 0.6 is 12.2 Å². The zero-order chi connectivity index (χ0) is 15.0. The third-order valence-electron chi connectivity index (χ3n) is 4.28. The molecule has 0 radical (unpaired) electrons. The summed E-state index contributed by atoms with van der Waals surface area (Å²) in [7, 11) is 0. The molecule has 1 aliphatic carbocycles. The molecule has 3 rings (SSSR count). The lowest BCUT2D eigenvalue weighted by atomic mass is 10.1. The van der Waals surface area contributed by atoms with Crippen molar-refractivity contribution in [3.05, 3.63) is 22.9 Å². The molecular formula is C15H21N3O2S. The molecule has 0 bridgehead atoms. The van der Waals surface area contributed by atoms with Crippen LogP contribution in [0.3, 0.4) is 0 Å². The number of aryl methyl sites for hydroxylation is 2. The Morgan fingerprint density at radius 3 is 3.10 bits per heavy atom. The van der Waals surface area contributed by atoms with E-state index in [-0.39, 0.29) is 18.8 Å². The topological polar surface area (TPSA) is 71.6 Å². The number of aliphatic hydroxyl groups is 1. The first-order valence-corrected chi connectivity index (χ1v) is 7.82. The minimum absolute atomic E-state index is 0.0105. The van der Waals surface area contributed by atoms with Crippen LogP contribution in [-0.2, 0) is 17.6 Å². The van der Waals surface area contributed by atoms with E-state index in [1.165, 1.54) is 5.56 Å². The second-order valence-electron chi connectivity index (χ2n) is 5.82. The summed E-state index contributed by atoms with van der Waals surface area (Å²) >= 11 is 5.22. The van der Waals surface area contributed by atoms with E-state index in [1.807, 2.05) is 0 Å². The fourth-order valence-electron chi connectivity index (χ4n) is 3.08. The Hall–Kier alpha value is -1.24. The molecule has 1 aliphatic heterocycles. The van der Waals surface area contributed by atoms with Crippen molar-refractivity contribution in [3.63, 3.8) is 0 Å². The average Bonchev–Trinajstić information content (AvgIpc) is 2.93. The number of morpholine rings is 1. The van der Waals surface area contributed by atoms with Gasteiger partial charge in [-0.1, -0.05) is 12.2 Å². The summed E-state index contributed by atoms with van der Waals surface area (Å²) in [6.45, 7) is 3.28. The van der Waals surface area contributed by atoms with E-state index in [2.05, 4.69) is 17.9 Å². The van der Waals surface area contributed by atoms with Gasteiger partial charge in [-0.3, -0.25) is 0 Å². The molecule has 2 atom stereocenters. The Labute approximate surface area is 130 Å². The first kappa shape index (κ1) is 14.7. The molecule has 0 aromatic carbocycles. The van der Waals surface area contributed by atoms with Gasteiger partial charge < -0.3 is 20.5 Å². The fraction of sp³-hybridized carbons (Fsp3) is 0.600. The van der Waals surface area contributed by atoms with E-state index in [9.17, 15) is 5.11 Å². The lowest BCUT2D eigenvalue weighted by molar-refractivity contribution is -0.0105. The SMILES string of the molecule is CC1COC(CO)CN1c1nc2c(cc1C(N)=S)CCC2. The summed E-state index contributed by atoms with van der Waals surface area (Å²) < 4.78 is 5.60. The number of pyridine rings is 1. The molecule has 21 heavy (non-hydrogen) atoms. The van der Waals surface area contributed by atoms with Crippen LogP contribution in [0.15, 0.2) is 6.07 Å². The van der Waals surface area contributed by atoms with Gasteiger partial charge in [0.2, 0.25) is 0 Å². The number of aromatic nitrogens is 1. The highest BCUT2D eigenvalue weighted by atomic mass is 32.1. The summed E-state index contributed by atoms with van der Waals surface area (Å²) in [5.41, 5.74) is 9.18. The molecule has 2 heterocycles. The monoisotopic (exact) mass is 307 g/mol. The maximum absolute atomic E-state index is 9.35. The number of rotatable bonds is 3. The zero-order valence-corrected chi connectivity index (χ0v) is 13.0.